The van der Waals surface area contributed by atoms with Crippen molar-refractivity contribution in [3.05, 3.63) is 0 Å². The van der Waals surface area contributed by atoms with Gasteiger partial charge in [-0.25, -0.2) is 0 Å². The average molecular weight is 278 g/mol. The molecule has 3 heterocycles. The molecular formula is C17H30N2O. The third-order valence-electron chi connectivity index (χ3n) is 6.17. The average Bonchev–Trinajstić information content (AvgIpc) is 3.23. The van der Waals surface area contributed by atoms with Gasteiger partial charge in [0.05, 0.1) is 6.10 Å². The molecule has 0 radical (unpaired) electrons. The van der Waals surface area contributed by atoms with Gasteiger partial charge in [0.1, 0.15) is 0 Å². The van der Waals surface area contributed by atoms with E-state index in [0.717, 1.165) is 30.7 Å². The zero-order valence-electron chi connectivity index (χ0n) is 13.0. The predicted molar refractivity (Wildman–Crippen MR) is 80.9 cm³/mol. The van der Waals surface area contributed by atoms with Crippen LogP contribution in [0.5, 0.6) is 0 Å². The molecule has 4 rings (SSSR count). The van der Waals surface area contributed by atoms with E-state index in [1.54, 1.807) is 0 Å². The van der Waals surface area contributed by atoms with Gasteiger partial charge in [0, 0.05) is 37.8 Å². The first-order valence-corrected chi connectivity index (χ1v) is 8.98. The molecule has 3 heteroatoms. The van der Waals surface area contributed by atoms with Gasteiger partial charge in [-0.15, -0.1) is 0 Å². The fraction of sp³-hybridized carbons (Fsp3) is 1.00. The van der Waals surface area contributed by atoms with E-state index in [9.17, 15) is 0 Å². The predicted octanol–water partition coefficient (Wildman–Crippen LogP) is 2.50. The van der Waals surface area contributed by atoms with Crippen LogP contribution in [0.15, 0.2) is 0 Å². The van der Waals surface area contributed by atoms with Crippen molar-refractivity contribution in [1.82, 2.24) is 9.80 Å². The van der Waals surface area contributed by atoms with Gasteiger partial charge in [-0.1, -0.05) is 13.3 Å². The molecule has 3 saturated heterocycles. The minimum absolute atomic E-state index is 0.569. The summed E-state index contributed by atoms with van der Waals surface area (Å²) in [5.74, 6) is 0.893. The largest absolute Gasteiger partial charge is 0.376 e. The highest BCUT2D eigenvalue weighted by molar-refractivity contribution is 5.00. The summed E-state index contributed by atoms with van der Waals surface area (Å²) in [6, 6.07) is 2.35. The topological polar surface area (TPSA) is 15.7 Å². The van der Waals surface area contributed by atoms with E-state index >= 15 is 0 Å². The van der Waals surface area contributed by atoms with Gasteiger partial charge in [-0.2, -0.15) is 0 Å². The maximum atomic E-state index is 6.12. The molecule has 114 valence electrons. The SMILES string of the molecule is CCC1CN2CCCCC2CN1C1CCOC1C1CC1. The fourth-order valence-electron chi connectivity index (χ4n) is 4.87. The smallest absolute Gasteiger partial charge is 0.0759 e. The van der Waals surface area contributed by atoms with Crippen LogP contribution >= 0.6 is 0 Å². The molecule has 0 aromatic heterocycles. The first-order valence-electron chi connectivity index (χ1n) is 8.98. The number of piperazine rings is 1. The molecule has 3 aliphatic heterocycles. The molecule has 0 spiro atoms. The van der Waals surface area contributed by atoms with Gasteiger partial charge >= 0.3 is 0 Å². The lowest BCUT2D eigenvalue weighted by molar-refractivity contribution is -0.0392. The normalized spacial score (nSPS) is 43.6. The number of ether oxygens (including phenoxy) is 1. The molecule has 4 atom stereocenters. The van der Waals surface area contributed by atoms with E-state index in [0.29, 0.717) is 6.10 Å². The van der Waals surface area contributed by atoms with Crippen LogP contribution in [0.1, 0.15) is 51.9 Å². The van der Waals surface area contributed by atoms with E-state index in [2.05, 4.69) is 16.7 Å². The summed E-state index contributed by atoms with van der Waals surface area (Å²) >= 11 is 0. The second kappa shape index (κ2) is 5.58. The van der Waals surface area contributed by atoms with Crippen molar-refractivity contribution in [3.8, 4) is 0 Å². The van der Waals surface area contributed by atoms with Crippen molar-refractivity contribution < 1.29 is 4.74 Å². The van der Waals surface area contributed by atoms with Crippen molar-refractivity contribution in [2.45, 2.75) is 76.1 Å². The quantitative estimate of drug-likeness (QED) is 0.789. The minimum atomic E-state index is 0.569. The van der Waals surface area contributed by atoms with Crippen molar-refractivity contribution in [2.24, 2.45) is 5.92 Å². The summed E-state index contributed by atoms with van der Waals surface area (Å²) in [6.45, 7) is 7.37. The van der Waals surface area contributed by atoms with Crippen LogP contribution in [0.25, 0.3) is 0 Å². The maximum Gasteiger partial charge on any atom is 0.0759 e. The Morgan fingerprint density at radius 1 is 1.05 bits per heavy atom. The third kappa shape index (κ3) is 2.42. The molecule has 1 saturated carbocycles. The zero-order valence-corrected chi connectivity index (χ0v) is 13.0. The Bertz CT molecular complexity index is 344. The summed E-state index contributed by atoms with van der Waals surface area (Å²) in [4.78, 5) is 5.67. The van der Waals surface area contributed by atoms with Gasteiger partial charge < -0.3 is 4.74 Å². The van der Waals surface area contributed by atoms with Gasteiger partial charge in [0.2, 0.25) is 0 Å². The molecule has 0 N–H and O–H groups in total. The number of hydrogen-bond donors (Lipinski definition) is 0. The van der Waals surface area contributed by atoms with Crippen molar-refractivity contribution in [2.75, 3.05) is 26.2 Å². The summed E-state index contributed by atoms with van der Waals surface area (Å²) < 4.78 is 6.12. The van der Waals surface area contributed by atoms with Gasteiger partial charge in [0.25, 0.3) is 0 Å². The second-order valence-corrected chi connectivity index (χ2v) is 7.43. The lowest BCUT2D eigenvalue weighted by Gasteiger charge is -2.51. The van der Waals surface area contributed by atoms with Crippen molar-refractivity contribution in [3.63, 3.8) is 0 Å². The standard InChI is InChI=1S/C17H30N2O/c1-2-14-11-18-9-4-3-5-15(18)12-19(14)16-8-10-20-17(16)13-6-7-13/h13-17H,2-12H2,1H3. The van der Waals surface area contributed by atoms with Crippen molar-refractivity contribution in [1.29, 1.82) is 0 Å². The van der Waals surface area contributed by atoms with Gasteiger partial charge in [-0.3, -0.25) is 9.80 Å². The number of rotatable bonds is 3. The molecular weight excluding hydrogens is 248 g/mol. The number of fused-ring (bicyclic) bond motifs is 1. The Morgan fingerprint density at radius 3 is 2.75 bits per heavy atom. The third-order valence-corrected chi connectivity index (χ3v) is 6.17. The van der Waals surface area contributed by atoms with Crippen LogP contribution in [0.3, 0.4) is 0 Å². The van der Waals surface area contributed by atoms with Crippen LogP contribution < -0.4 is 0 Å². The van der Waals surface area contributed by atoms with E-state index in [1.807, 2.05) is 0 Å². The Morgan fingerprint density at radius 2 is 1.95 bits per heavy atom. The molecule has 1 aliphatic carbocycles. The van der Waals surface area contributed by atoms with Gasteiger partial charge in [0.15, 0.2) is 0 Å². The highest BCUT2D eigenvalue weighted by atomic mass is 16.5. The van der Waals surface area contributed by atoms with Crippen molar-refractivity contribution >= 4 is 0 Å². The summed E-state index contributed by atoms with van der Waals surface area (Å²) in [5.41, 5.74) is 0. The first kappa shape index (κ1) is 13.5. The molecule has 3 nitrogen and oxygen atoms in total. The molecule has 0 bridgehead atoms. The first-order chi connectivity index (χ1) is 9.86. The highest BCUT2D eigenvalue weighted by Crippen LogP contribution is 2.42. The summed E-state index contributed by atoms with van der Waals surface area (Å²) in [5, 5.41) is 0. The van der Waals surface area contributed by atoms with Crippen LogP contribution in [-0.2, 0) is 4.74 Å². The number of hydrogen-bond acceptors (Lipinski definition) is 3. The van der Waals surface area contributed by atoms with Crippen LogP contribution in [0.2, 0.25) is 0 Å². The number of piperidine rings is 1. The monoisotopic (exact) mass is 278 g/mol. The molecule has 0 amide bonds. The minimum Gasteiger partial charge on any atom is -0.376 e. The Kier molecular flexibility index (Phi) is 3.78. The van der Waals surface area contributed by atoms with Gasteiger partial charge in [-0.05, 0) is 51.0 Å². The molecule has 20 heavy (non-hydrogen) atoms. The molecule has 4 aliphatic rings. The number of nitrogens with zero attached hydrogens (tertiary/aromatic N) is 2. The molecule has 4 unspecified atom stereocenters. The Labute approximate surface area is 123 Å². The summed E-state index contributed by atoms with van der Waals surface area (Å²) in [7, 11) is 0. The van der Waals surface area contributed by atoms with Crippen LogP contribution in [0, 0.1) is 5.92 Å². The lowest BCUT2D eigenvalue weighted by atomic mass is 9.92. The summed E-state index contributed by atoms with van der Waals surface area (Å²) in [6.07, 6.45) is 10.3. The molecule has 0 aromatic carbocycles. The highest BCUT2D eigenvalue weighted by Gasteiger charge is 2.46. The Balaban J connectivity index is 1.49. The molecule has 0 aromatic rings. The van der Waals surface area contributed by atoms with E-state index in [1.165, 1.54) is 64.6 Å². The maximum absolute atomic E-state index is 6.12. The van der Waals surface area contributed by atoms with Crippen LogP contribution in [0.4, 0.5) is 0 Å². The van der Waals surface area contributed by atoms with Crippen LogP contribution in [-0.4, -0.2) is 60.3 Å². The van der Waals surface area contributed by atoms with E-state index in [4.69, 9.17) is 4.74 Å². The van der Waals surface area contributed by atoms with E-state index < -0.39 is 0 Å². The second-order valence-electron chi connectivity index (χ2n) is 7.43. The Hall–Kier alpha value is -0.120. The fourth-order valence-corrected chi connectivity index (χ4v) is 4.87. The zero-order chi connectivity index (χ0) is 13.5. The van der Waals surface area contributed by atoms with E-state index in [-0.39, 0.29) is 0 Å². The molecule has 4 fully saturated rings. The lowest BCUT2D eigenvalue weighted by Crippen LogP contribution is -2.63.